The van der Waals surface area contributed by atoms with E-state index in [2.05, 4.69) is 38.1 Å². The second-order valence-electron chi connectivity index (χ2n) is 5.51. The second-order valence-corrected chi connectivity index (χ2v) is 6.64. The summed E-state index contributed by atoms with van der Waals surface area (Å²) in [7, 11) is 0. The highest BCUT2D eigenvalue weighted by Gasteiger charge is 2.35. The van der Waals surface area contributed by atoms with E-state index in [1.54, 1.807) is 5.56 Å². The minimum absolute atomic E-state index is 0.463. The van der Waals surface area contributed by atoms with E-state index in [9.17, 15) is 0 Å². The van der Waals surface area contributed by atoms with Crippen molar-refractivity contribution in [3.05, 3.63) is 29.8 Å². The maximum Gasteiger partial charge on any atom is 0.0110 e. The van der Waals surface area contributed by atoms with Crippen LogP contribution in [0, 0.1) is 6.07 Å². The van der Waals surface area contributed by atoms with Crippen LogP contribution in [0.1, 0.15) is 64.4 Å². The van der Waals surface area contributed by atoms with Gasteiger partial charge in [-0.1, -0.05) is 45.6 Å². The van der Waals surface area contributed by atoms with Crippen LogP contribution in [0.25, 0.3) is 0 Å². The quantitative estimate of drug-likeness (QED) is 0.642. The van der Waals surface area contributed by atoms with Crippen LogP contribution in [0.5, 0.6) is 0 Å². The summed E-state index contributed by atoms with van der Waals surface area (Å²) in [4.78, 5) is 1.52. The summed E-state index contributed by atoms with van der Waals surface area (Å²) in [6, 6.07) is 9.93. The van der Waals surface area contributed by atoms with E-state index in [-0.39, 0.29) is 0 Å². The molecule has 1 aliphatic heterocycles. The largest absolute Gasteiger partial charge is 0.126 e. The summed E-state index contributed by atoms with van der Waals surface area (Å²) in [5.74, 6) is 1.30. The van der Waals surface area contributed by atoms with Crippen LogP contribution in [0.4, 0.5) is 0 Å². The Labute approximate surface area is 117 Å². The predicted molar refractivity (Wildman–Crippen MR) is 81.3 cm³/mol. The lowest BCUT2D eigenvalue weighted by atomic mass is 9.70. The van der Waals surface area contributed by atoms with Gasteiger partial charge in [-0.05, 0) is 54.2 Å². The Balaban J connectivity index is 2.28. The molecule has 2 rings (SSSR count). The van der Waals surface area contributed by atoms with Gasteiger partial charge in [0.25, 0.3) is 0 Å². The molecule has 0 saturated carbocycles. The number of hydrogen-bond acceptors (Lipinski definition) is 1. The molecule has 1 heteroatoms. The zero-order valence-electron chi connectivity index (χ0n) is 11.8. The zero-order chi connectivity index (χ0) is 12.8. The number of benzene rings is 1. The van der Waals surface area contributed by atoms with Crippen LogP contribution in [-0.4, -0.2) is 5.75 Å². The molecule has 0 saturated heterocycles. The summed E-state index contributed by atoms with van der Waals surface area (Å²) in [5.41, 5.74) is 2.06. The summed E-state index contributed by atoms with van der Waals surface area (Å²) in [5, 5.41) is 0. The molecule has 1 aromatic rings. The van der Waals surface area contributed by atoms with Gasteiger partial charge in [0, 0.05) is 4.90 Å². The lowest BCUT2D eigenvalue weighted by Crippen LogP contribution is -2.30. The van der Waals surface area contributed by atoms with E-state index in [4.69, 9.17) is 0 Å². The van der Waals surface area contributed by atoms with Crippen LogP contribution >= 0.6 is 11.8 Å². The Hall–Kier alpha value is -0.430. The van der Waals surface area contributed by atoms with Gasteiger partial charge in [-0.3, -0.25) is 0 Å². The van der Waals surface area contributed by atoms with Crippen molar-refractivity contribution in [3.8, 4) is 0 Å². The summed E-state index contributed by atoms with van der Waals surface area (Å²) in [6.07, 6.45) is 9.46. The lowest BCUT2D eigenvalue weighted by Gasteiger charge is -2.39. The highest BCUT2D eigenvalue weighted by atomic mass is 32.2. The van der Waals surface area contributed by atoms with Crippen LogP contribution in [-0.2, 0) is 5.41 Å². The fourth-order valence-electron chi connectivity index (χ4n) is 3.12. The Kier molecular flexibility index (Phi) is 5.17. The molecular weight excluding hydrogens is 236 g/mol. The molecule has 1 aliphatic rings. The van der Waals surface area contributed by atoms with Crippen molar-refractivity contribution >= 4 is 11.8 Å². The standard InChI is InChI=1S/C17H25S/c1-3-5-11-17(12-6-4-2)13-14-18-16-10-8-7-9-15(16)17/h8-10H,3-6,11-14H2,1-2H3. The van der Waals surface area contributed by atoms with Gasteiger partial charge in [0.15, 0.2) is 0 Å². The second kappa shape index (κ2) is 6.65. The molecule has 1 heterocycles. The van der Waals surface area contributed by atoms with Crippen molar-refractivity contribution in [3.63, 3.8) is 0 Å². The van der Waals surface area contributed by atoms with Crippen molar-refractivity contribution in [1.82, 2.24) is 0 Å². The molecule has 0 spiro atoms. The molecule has 1 radical (unpaired) electrons. The molecule has 18 heavy (non-hydrogen) atoms. The molecule has 0 nitrogen and oxygen atoms in total. The molecule has 0 bridgehead atoms. The molecule has 0 fully saturated rings. The van der Waals surface area contributed by atoms with E-state index in [0.717, 1.165) is 0 Å². The SMILES string of the molecule is CCCCC1(CCCC)CCSc2cc[c]cc21. The number of rotatable bonds is 6. The Morgan fingerprint density at radius 2 is 1.94 bits per heavy atom. The molecule has 0 aromatic heterocycles. The number of thioether (sulfide) groups is 1. The van der Waals surface area contributed by atoms with Gasteiger partial charge >= 0.3 is 0 Å². The van der Waals surface area contributed by atoms with Gasteiger partial charge < -0.3 is 0 Å². The van der Waals surface area contributed by atoms with Crippen LogP contribution in [0.15, 0.2) is 23.1 Å². The highest BCUT2D eigenvalue weighted by molar-refractivity contribution is 7.99. The maximum atomic E-state index is 3.31. The van der Waals surface area contributed by atoms with Gasteiger partial charge in [-0.15, -0.1) is 11.8 Å². The van der Waals surface area contributed by atoms with Crippen molar-refractivity contribution in [2.24, 2.45) is 0 Å². The van der Waals surface area contributed by atoms with Gasteiger partial charge in [-0.2, -0.15) is 0 Å². The van der Waals surface area contributed by atoms with E-state index >= 15 is 0 Å². The fourth-order valence-corrected chi connectivity index (χ4v) is 4.43. The van der Waals surface area contributed by atoms with E-state index in [0.29, 0.717) is 5.41 Å². The fraction of sp³-hybridized carbons (Fsp3) is 0.647. The van der Waals surface area contributed by atoms with E-state index in [1.165, 1.54) is 55.6 Å². The number of hydrogen-bond donors (Lipinski definition) is 0. The monoisotopic (exact) mass is 261 g/mol. The summed E-state index contributed by atoms with van der Waals surface area (Å²) >= 11 is 2.04. The maximum absolute atomic E-state index is 3.31. The molecule has 99 valence electrons. The summed E-state index contributed by atoms with van der Waals surface area (Å²) in [6.45, 7) is 4.62. The van der Waals surface area contributed by atoms with Crippen LogP contribution < -0.4 is 0 Å². The smallest absolute Gasteiger partial charge is 0.0110 e. The van der Waals surface area contributed by atoms with Crippen LogP contribution in [0.2, 0.25) is 0 Å². The van der Waals surface area contributed by atoms with Gasteiger partial charge in [0.1, 0.15) is 0 Å². The van der Waals surface area contributed by atoms with Crippen molar-refractivity contribution in [2.45, 2.75) is 69.1 Å². The third-order valence-electron chi connectivity index (χ3n) is 4.25. The zero-order valence-corrected chi connectivity index (χ0v) is 12.6. The molecule has 0 N–H and O–H groups in total. The van der Waals surface area contributed by atoms with Crippen LogP contribution in [0.3, 0.4) is 0 Å². The first-order valence-electron chi connectivity index (χ1n) is 7.46. The summed E-state index contributed by atoms with van der Waals surface area (Å²) < 4.78 is 0. The first kappa shape index (κ1) is 14.0. The van der Waals surface area contributed by atoms with E-state index in [1.807, 2.05) is 11.8 Å². The average Bonchev–Trinajstić information content (AvgIpc) is 2.43. The van der Waals surface area contributed by atoms with Crippen molar-refractivity contribution in [1.29, 1.82) is 0 Å². The topological polar surface area (TPSA) is 0 Å². The van der Waals surface area contributed by atoms with Gasteiger partial charge in [-0.25, -0.2) is 0 Å². The average molecular weight is 261 g/mol. The third-order valence-corrected chi connectivity index (χ3v) is 5.33. The van der Waals surface area contributed by atoms with Crippen molar-refractivity contribution < 1.29 is 0 Å². The molecule has 1 aromatic carbocycles. The molecule has 0 unspecified atom stereocenters. The Morgan fingerprint density at radius 1 is 1.22 bits per heavy atom. The molecule has 0 aliphatic carbocycles. The Bertz CT molecular complexity index is 362. The van der Waals surface area contributed by atoms with Gasteiger partial charge in [0.05, 0.1) is 0 Å². The highest BCUT2D eigenvalue weighted by Crippen LogP contribution is 2.47. The minimum Gasteiger partial charge on any atom is -0.126 e. The van der Waals surface area contributed by atoms with Crippen molar-refractivity contribution in [2.75, 3.05) is 5.75 Å². The third kappa shape index (κ3) is 2.93. The number of unbranched alkanes of at least 4 members (excludes halogenated alkanes) is 2. The first-order valence-corrected chi connectivity index (χ1v) is 8.44. The molecule has 0 atom stereocenters. The lowest BCUT2D eigenvalue weighted by molar-refractivity contribution is 0.323. The first-order chi connectivity index (χ1) is 8.82. The minimum atomic E-state index is 0.463. The van der Waals surface area contributed by atoms with Gasteiger partial charge in [0.2, 0.25) is 0 Å². The Morgan fingerprint density at radius 3 is 2.61 bits per heavy atom. The van der Waals surface area contributed by atoms with E-state index < -0.39 is 0 Å². The number of fused-ring (bicyclic) bond motifs is 1. The normalized spacial score (nSPS) is 17.4. The predicted octanol–water partition coefficient (Wildman–Crippen LogP) is 5.60. The molecular formula is C17H25S. The molecule has 0 amide bonds.